The van der Waals surface area contributed by atoms with Crippen LogP contribution in [0.15, 0.2) is 51.9 Å². The first-order valence-corrected chi connectivity index (χ1v) is 6.31. The highest BCUT2D eigenvalue weighted by Crippen LogP contribution is 2.24. The molecule has 0 radical (unpaired) electrons. The summed E-state index contributed by atoms with van der Waals surface area (Å²) in [6.45, 7) is 0.962. The molecule has 0 spiro atoms. The normalized spacial score (nSPS) is 10.3. The van der Waals surface area contributed by atoms with Crippen molar-refractivity contribution in [3.05, 3.63) is 63.2 Å². The summed E-state index contributed by atoms with van der Waals surface area (Å²) in [5.74, 6) is -0.315. The molecule has 0 atom stereocenters. The van der Waals surface area contributed by atoms with Gasteiger partial charge in [0.15, 0.2) is 0 Å². The number of pyridine rings is 1. The molecule has 0 amide bonds. The van der Waals surface area contributed by atoms with Gasteiger partial charge in [0.05, 0.1) is 5.69 Å². The van der Waals surface area contributed by atoms with Crippen LogP contribution in [0.4, 0.5) is 10.1 Å². The van der Waals surface area contributed by atoms with E-state index in [9.17, 15) is 9.18 Å². The average Bonchev–Trinajstić information content (AvgIpc) is 2.35. The van der Waals surface area contributed by atoms with Crippen molar-refractivity contribution in [1.29, 1.82) is 0 Å². The molecule has 18 heavy (non-hydrogen) atoms. The lowest BCUT2D eigenvalue weighted by Gasteiger charge is -2.10. The first-order chi connectivity index (χ1) is 8.68. The predicted octanol–water partition coefficient (Wildman–Crippen LogP) is 2.86. The highest BCUT2D eigenvalue weighted by atomic mass is 79.9. The van der Waals surface area contributed by atoms with E-state index < -0.39 is 0 Å². The van der Waals surface area contributed by atoms with Gasteiger partial charge in [-0.2, -0.15) is 0 Å². The molecular weight excluding hydrogens is 299 g/mol. The zero-order chi connectivity index (χ0) is 13.0. The van der Waals surface area contributed by atoms with Crippen LogP contribution < -0.4 is 10.9 Å². The molecule has 0 bridgehead atoms. The Balaban J connectivity index is 2.01. The number of anilines is 1. The number of hydrogen-bond acceptors (Lipinski definition) is 2. The Kier molecular flexibility index (Phi) is 4.15. The van der Waals surface area contributed by atoms with Gasteiger partial charge in [0.1, 0.15) is 5.82 Å². The van der Waals surface area contributed by atoms with E-state index in [1.54, 1.807) is 35.0 Å². The van der Waals surface area contributed by atoms with Gasteiger partial charge in [0.2, 0.25) is 0 Å². The Hall–Kier alpha value is -1.62. The summed E-state index contributed by atoms with van der Waals surface area (Å²) in [5, 5.41) is 2.98. The average molecular weight is 311 g/mol. The maximum atomic E-state index is 13.5. The molecule has 5 heteroatoms. The Morgan fingerprint density at radius 2 is 2.06 bits per heavy atom. The first-order valence-electron chi connectivity index (χ1n) is 5.52. The monoisotopic (exact) mass is 310 g/mol. The Morgan fingerprint density at radius 1 is 1.22 bits per heavy atom. The number of aromatic nitrogens is 1. The summed E-state index contributed by atoms with van der Waals surface area (Å²) in [7, 11) is 0. The van der Waals surface area contributed by atoms with Crippen LogP contribution in [-0.2, 0) is 6.54 Å². The molecule has 1 heterocycles. The van der Waals surface area contributed by atoms with E-state index in [2.05, 4.69) is 21.2 Å². The van der Waals surface area contributed by atoms with Crippen LogP contribution in [0.2, 0.25) is 0 Å². The van der Waals surface area contributed by atoms with Crippen LogP contribution in [0.25, 0.3) is 0 Å². The first kappa shape index (κ1) is 12.8. The van der Waals surface area contributed by atoms with E-state index in [0.717, 1.165) is 0 Å². The third kappa shape index (κ3) is 2.98. The molecule has 1 aromatic heterocycles. The van der Waals surface area contributed by atoms with Crippen LogP contribution >= 0.6 is 15.9 Å². The molecule has 1 aromatic carbocycles. The molecule has 0 fully saturated rings. The molecule has 3 nitrogen and oxygen atoms in total. The molecule has 94 valence electrons. The van der Waals surface area contributed by atoms with Gasteiger partial charge >= 0.3 is 0 Å². The minimum atomic E-state index is -0.315. The Bertz CT molecular complexity index is 577. The summed E-state index contributed by atoms with van der Waals surface area (Å²) < 4.78 is 15.7. The van der Waals surface area contributed by atoms with Gasteiger partial charge in [0, 0.05) is 29.8 Å². The van der Waals surface area contributed by atoms with Crippen LogP contribution in [0.1, 0.15) is 0 Å². The number of para-hydroxylation sites is 1. The van der Waals surface area contributed by atoms with Gasteiger partial charge in [-0.15, -0.1) is 0 Å². The molecule has 2 aromatic rings. The number of halogens is 2. The maximum absolute atomic E-state index is 13.5. The van der Waals surface area contributed by atoms with Crippen molar-refractivity contribution in [2.75, 3.05) is 11.9 Å². The molecule has 0 aliphatic rings. The van der Waals surface area contributed by atoms with Gasteiger partial charge in [-0.25, -0.2) is 4.39 Å². The molecule has 2 rings (SSSR count). The van der Waals surface area contributed by atoms with Crippen molar-refractivity contribution in [1.82, 2.24) is 4.57 Å². The second-order valence-electron chi connectivity index (χ2n) is 3.76. The lowest BCUT2D eigenvalue weighted by molar-refractivity contribution is 0.626. The molecule has 0 aliphatic heterocycles. The molecule has 0 saturated heterocycles. The highest BCUT2D eigenvalue weighted by Gasteiger charge is 2.05. The van der Waals surface area contributed by atoms with Gasteiger partial charge in [-0.3, -0.25) is 4.79 Å². The zero-order valence-electron chi connectivity index (χ0n) is 9.57. The van der Waals surface area contributed by atoms with Crippen molar-refractivity contribution in [3.8, 4) is 0 Å². The van der Waals surface area contributed by atoms with Crippen LogP contribution in [-0.4, -0.2) is 11.1 Å². The minimum Gasteiger partial charge on any atom is -0.380 e. The van der Waals surface area contributed by atoms with E-state index in [1.165, 1.54) is 12.1 Å². The standard InChI is InChI=1S/C13H12BrFN2O/c14-10-4-3-5-11(15)13(10)16-7-9-17-8-2-1-6-12(17)18/h1-6,8,16H,7,9H2. The summed E-state index contributed by atoms with van der Waals surface area (Å²) in [6.07, 6.45) is 1.71. The van der Waals surface area contributed by atoms with E-state index in [-0.39, 0.29) is 11.4 Å². The lowest BCUT2D eigenvalue weighted by Crippen LogP contribution is -2.22. The third-order valence-corrected chi connectivity index (χ3v) is 3.18. The summed E-state index contributed by atoms with van der Waals surface area (Å²) in [6, 6.07) is 9.77. The number of nitrogens with zero attached hydrogens (tertiary/aromatic N) is 1. The van der Waals surface area contributed by atoms with Gasteiger partial charge in [-0.1, -0.05) is 12.1 Å². The quantitative estimate of drug-likeness (QED) is 0.942. The number of benzene rings is 1. The Morgan fingerprint density at radius 3 is 2.78 bits per heavy atom. The number of rotatable bonds is 4. The topological polar surface area (TPSA) is 34.0 Å². The number of nitrogens with one attached hydrogen (secondary N) is 1. The maximum Gasteiger partial charge on any atom is 0.250 e. The van der Waals surface area contributed by atoms with Gasteiger partial charge < -0.3 is 9.88 Å². The van der Waals surface area contributed by atoms with Crippen LogP contribution in [0, 0.1) is 5.82 Å². The van der Waals surface area contributed by atoms with Crippen molar-refractivity contribution < 1.29 is 4.39 Å². The molecule has 0 unspecified atom stereocenters. The van der Waals surface area contributed by atoms with Crippen LogP contribution in [0.5, 0.6) is 0 Å². The fraction of sp³-hybridized carbons (Fsp3) is 0.154. The smallest absolute Gasteiger partial charge is 0.250 e. The Labute approximate surface area is 112 Å². The van der Waals surface area contributed by atoms with Crippen molar-refractivity contribution >= 4 is 21.6 Å². The highest BCUT2D eigenvalue weighted by molar-refractivity contribution is 9.10. The fourth-order valence-corrected chi connectivity index (χ4v) is 2.10. The second-order valence-corrected chi connectivity index (χ2v) is 4.61. The van der Waals surface area contributed by atoms with Crippen LogP contribution in [0.3, 0.4) is 0 Å². The SMILES string of the molecule is O=c1ccccn1CCNc1c(F)cccc1Br. The van der Waals surface area contributed by atoms with Gasteiger partial charge in [0.25, 0.3) is 5.56 Å². The fourth-order valence-electron chi connectivity index (χ4n) is 1.61. The van der Waals surface area contributed by atoms with E-state index in [0.29, 0.717) is 23.2 Å². The molecular formula is C13H12BrFN2O. The lowest BCUT2D eigenvalue weighted by atomic mass is 10.3. The predicted molar refractivity (Wildman–Crippen MR) is 73.3 cm³/mol. The summed E-state index contributed by atoms with van der Waals surface area (Å²) in [5.41, 5.74) is 0.355. The van der Waals surface area contributed by atoms with E-state index >= 15 is 0 Å². The van der Waals surface area contributed by atoms with E-state index in [1.807, 2.05) is 0 Å². The van der Waals surface area contributed by atoms with Crippen molar-refractivity contribution in [3.63, 3.8) is 0 Å². The van der Waals surface area contributed by atoms with Crippen molar-refractivity contribution in [2.45, 2.75) is 6.54 Å². The molecule has 0 saturated carbocycles. The molecule has 1 N–H and O–H groups in total. The largest absolute Gasteiger partial charge is 0.380 e. The van der Waals surface area contributed by atoms with Gasteiger partial charge in [-0.05, 0) is 34.1 Å². The third-order valence-electron chi connectivity index (χ3n) is 2.52. The zero-order valence-corrected chi connectivity index (χ0v) is 11.2. The minimum absolute atomic E-state index is 0.0631. The number of hydrogen-bond donors (Lipinski definition) is 1. The van der Waals surface area contributed by atoms with Crippen molar-refractivity contribution in [2.24, 2.45) is 0 Å². The second kappa shape index (κ2) is 5.82. The molecule has 0 aliphatic carbocycles. The summed E-state index contributed by atoms with van der Waals surface area (Å²) in [4.78, 5) is 11.4. The van der Waals surface area contributed by atoms with E-state index in [4.69, 9.17) is 0 Å². The summed E-state index contributed by atoms with van der Waals surface area (Å²) >= 11 is 3.28.